The SMILES string of the molecule is C=CCCCCCCCCCN(C)C(=O)c1ccccc1. The van der Waals surface area contributed by atoms with Gasteiger partial charge in [0.15, 0.2) is 0 Å². The molecule has 0 bridgehead atoms. The van der Waals surface area contributed by atoms with Crippen molar-refractivity contribution in [2.24, 2.45) is 0 Å². The van der Waals surface area contributed by atoms with Crippen LogP contribution in [0.2, 0.25) is 0 Å². The van der Waals surface area contributed by atoms with Gasteiger partial charge in [0.1, 0.15) is 0 Å². The maximum atomic E-state index is 12.1. The Morgan fingerprint density at radius 1 is 1.00 bits per heavy atom. The summed E-state index contributed by atoms with van der Waals surface area (Å²) in [4.78, 5) is 14.0. The highest BCUT2D eigenvalue weighted by Gasteiger charge is 2.09. The zero-order valence-corrected chi connectivity index (χ0v) is 13.4. The monoisotopic (exact) mass is 287 g/mol. The first-order chi connectivity index (χ1) is 10.3. The molecule has 0 saturated heterocycles. The predicted molar refractivity (Wildman–Crippen MR) is 90.5 cm³/mol. The number of benzene rings is 1. The van der Waals surface area contributed by atoms with Crippen LogP contribution in [0.5, 0.6) is 0 Å². The van der Waals surface area contributed by atoms with Crippen LogP contribution in [0.15, 0.2) is 43.0 Å². The van der Waals surface area contributed by atoms with Gasteiger partial charge in [-0.15, -0.1) is 6.58 Å². The second kappa shape index (κ2) is 11.1. The molecule has 0 aromatic heterocycles. The number of allylic oxidation sites excluding steroid dienone is 1. The van der Waals surface area contributed by atoms with Gasteiger partial charge in [0.2, 0.25) is 0 Å². The molecule has 0 aliphatic rings. The third kappa shape index (κ3) is 7.69. The lowest BCUT2D eigenvalue weighted by molar-refractivity contribution is 0.0792. The smallest absolute Gasteiger partial charge is 0.253 e. The van der Waals surface area contributed by atoms with E-state index in [1.54, 1.807) is 0 Å². The van der Waals surface area contributed by atoms with Crippen LogP contribution in [-0.4, -0.2) is 24.4 Å². The second-order valence-electron chi connectivity index (χ2n) is 5.64. The van der Waals surface area contributed by atoms with Crippen molar-refractivity contribution in [3.8, 4) is 0 Å². The molecule has 2 nitrogen and oxygen atoms in total. The molecule has 1 aromatic rings. The van der Waals surface area contributed by atoms with Crippen LogP contribution in [0.3, 0.4) is 0 Å². The minimum Gasteiger partial charge on any atom is -0.342 e. The standard InChI is InChI=1S/C19H29NO/c1-3-4-5-6-7-8-9-10-14-17-20(2)19(21)18-15-12-11-13-16-18/h3,11-13,15-16H,1,4-10,14,17H2,2H3. The minimum atomic E-state index is 0.125. The number of rotatable bonds is 11. The summed E-state index contributed by atoms with van der Waals surface area (Å²) in [5, 5.41) is 0. The highest BCUT2D eigenvalue weighted by Crippen LogP contribution is 2.10. The van der Waals surface area contributed by atoms with Crippen LogP contribution < -0.4 is 0 Å². The molecule has 2 heteroatoms. The van der Waals surface area contributed by atoms with Crippen LogP contribution in [0.1, 0.15) is 61.7 Å². The molecule has 1 amide bonds. The first-order valence-corrected chi connectivity index (χ1v) is 8.17. The Labute approximate surface area is 129 Å². The van der Waals surface area contributed by atoms with Crippen LogP contribution in [0, 0.1) is 0 Å². The van der Waals surface area contributed by atoms with Crippen LogP contribution >= 0.6 is 0 Å². The van der Waals surface area contributed by atoms with Crippen molar-refractivity contribution in [3.63, 3.8) is 0 Å². The first-order valence-electron chi connectivity index (χ1n) is 8.17. The van der Waals surface area contributed by atoms with E-state index in [1.807, 2.05) is 48.4 Å². The quantitative estimate of drug-likeness (QED) is 0.411. The molecule has 0 atom stereocenters. The Balaban J connectivity index is 2.04. The molecule has 0 saturated carbocycles. The van der Waals surface area contributed by atoms with Gasteiger partial charge in [0, 0.05) is 19.2 Å². The van der Waals surface area contributed by atoms with Crippen LogP contribution in [0.4, 0.5) is 0 Å². The molecule has 1 rings (SSSR count). The number of hydrogen-bond acceptors (Lipinski definition) is 1. The minimum absolute atomic E-state index is 0.125. The van der Waals surface area contributed by atoms with Gasteiger partial charge < -0.3 is 4.90 Å². The number of hydrogen-bond donors (Lipinski definition) is 0. The van der Waals surface area contributed by atoms with E-state index in [4.69, 9.17) is 0 Å². The van der Waals surface area contributed by atoms with Crippen LogP contribution in [-0.2, 0) is 0 Å². The maximum absolute atomic E-state index is 12.1. The molecule has 21 heavy (non-hydrogen) atoms. The number of carbonyl (C=O) groups is 1. The molecule has 116 valence electrons. The maximum Gasteiger partial charge on any atom is 0.253 e. The number of nitrogens with zero attached hydrogens (tertiary/aromatic N) is 1. The van der Waals surface area contributed by atoms with Gasteiger partial charge in [-0.3, -0.25) is 4.79 Å². The molecular formula is C19H29NO. The lowest BCUT2D eigenvalue weighted by atomic mass is 10.1. The zero-order valence-electron chi connectivity index (χ0n) is 13.4. The van der Waals surface area contributed by atoms with Gasteiger partial charge >= 0.3 is 0 Å². The summed E-state index contributed by atoms with van der Waals surface area (Å²) in [6.45, 7) is 4.59. The van der Waals surface area contributed by atoms with Gasteiger partial charge in [0.05, 0.1) is 0 Å². The van der Waals surface area contributed by atoms with E-state index < -0.39 is 0 Å². The topological polar surface area (TPSA) is 20.3 Å². The average Bonchev–Trinajstić information content (AvgIpc) is 2.53. The summed E-state index contributed by atoms with van der Waals surface area (Å²) in [6, 6.07) is 9.51. The van der Waals surface area contributed by atoms with Gasteiger partial charge in [-0.1, -0.05) is 56.4 Å². The number of carbonyl (C=O) groups excluding carboxylic acids is 1. The molecule has 0 spiro atoms. The molecule has 0 fully saturated rings. The van der Waals surface area contributed by atoms with E-state index in [0.29, 0.717) is 0 Å². The van der Waals surface area contributed by atoms with E-state index >= 15 is 0 Å². The summed E-state index contributed by atoms with van der Waals surface area (Å²) in [7, 11) is 1.89. The van der Waals surface area contributed by atoms with Crippen LogP contribution in [0.25, 0.3) is 0 Å². The highest BCUT2D eigenvalue weighted by atomic mass is 16.2. The summed E-state index contributed by atoms with van der Waals surface area (Å²) in [5.41, 5.74) is 0.780. The summed E-state index contributed by atoms with van der Waals surface area (Å²) in [5.74, 6) is 0.125. The Bertz CT molecular complexity index is 399. The van der Waals surface area contributed by atoms with Gasteiger partial charge in [-0.2, -0.15) is 0 Å². The van der Waals surface area contributed by atoms with Crippen molar-refractivity contribution >= 4 is 5.91 Å². The van der Waals surface area contributed by atoms with Gasteiger partial charge in [0.25, 0.3) is 5.91 Å². The molecular weight excluding hydrogens is 258 g/mol. The van der Waals surface area contributed by atoms with Crippen molar-refractivity contribution in [1.82, 2.24) is 4.90 Å². The molecule has 0 radical (unpaired) electrons. The molecule has 0 aliphatic heterocycles. The Kier molecular flexibility index (Phi) is 9.26. The third-order valence-electron chi connectivity index (χ3n) is 3.77. The number of unbranched alkanes of at least 4 members (excludes halogenated alkanes) is 7. The molecule has 0 aliphatic carbocycles. The summed E-state index contributed by atoms with van der Waals surface area (Å²) in [6.07, 6.45) is 12.0. The van der Waals surface area contributed by atoms with Crippen molar-refractivity contribution in [2.45, 2.75) is 51.4 Å². The summed E-state index contributed by atoms with van der Waals surface area (Å²) < 4.78 is 0. The zero-order chi connectivity index (χ0) is 15.3. The van der Waals surface area contributed by atoms with Crippen molar-refractivity contribution < 1.29 is 4.79 Å². The van der Waals surface area contributed by atoms with Crippen molar-refractivity contribution in [3.05, 3.63) is 48.6 Å². The molecule has 0 N–H and O–H groups in total. The van der Waals surface area contributed by atoms with Gasteiger partial charge in [-0.25, -0.2) is 0 Å². The molecule has 1 aromatic carbocycles. The predicted octanol–water partition coefficient (Wildman–Crippen LogP) is 5.07. The van der Waals surface area contributed by atoms with E-state index in [1.165, 1.54) is 38.5 Å². The van der Waals surface area contributed by atoms with E-state index in [-0.39, 0.29) is 5.91 Å². The largest absolute Gasteiger partial charge is 0.342 e. The fraction of sp³-hybridized carbons (Fsp3) is 0.526. The Morgan fingerprint density at radius 3 is 2.19 bits per heavy atom. The first kappa shape index (κ1) is 17.5. The van der Waals surface area contributed by atoms with E-state index in [2.05, 4.69) is 6.58 Å². The Hall–Kier alpha value is -1.57. The normalized spacial score (nSPS) is 10.3. The summed E-state index contributed by atoms with van der Waals surface area (Å²) >= 11 is 0. The van der Waals surface area contributed by atoms with Crippen molar-refractivity contribution in [1.29, 1.82) is 0 Å². The fourth-order valence-electron chi connectivity index (χ4n) is 2.42. The van der Waals surface area contributed by atoms with E-state index in [0.717, 1.165) is 24.9 Å². The average molecular weight is 287 g/mol. The highest BCUT2D eigenvalue weighted by molar-refractivity contribution is 5.93. The molecule has 0 unspecified atom stereocenters. The van der Waals surface area contributed by atoms with Crippen molar-refractivity contribution in [2.75, 3.05) is 13.6 Å². The third-order valence-corrected chi connectivity index (χ3v) is 3.77. The molecule has 0 heterocycles. The van der Waals surface area contributed by atoms with E-state index in [9.17, 15) is 4.79 Å². The fourth-order valence-corrected chi connectivity index (χ4v) is 2.42. The Morgan fingerprint density at radius 2 is 1.57 bits per heavy atom. The lowest BCUT2D eigenvalue weighted by Crippen LogP contribution is -2.27. The number of amides is 1. The lowest BCUT2D eigenvalue weighted by Gasteiger charge is -2.17. The van der Waals surface area contributed by atoms with Gasteiger partial charge in [-0.05, 0) is 31.4 Å². The second-order valence-corrected chi connectivity index (χ2v) is 5.64.